The Morgan fingerprint density at radius 2 is 1.92 bits per heavy atom. The Labute approximate surface area is 75.9 Å². The fourth-order valence-electron chi connectivity index (χ4n) is 1.03. The second-order valence-corrected chi connectivity index (χ2v) is 2.79. The van der Waals surface area contributed by atoms with Crippen molar-refractivity contribution >= 4 is 24.2 Å². The van der Waals surface area contributed by atoms with Crippen LogP contribution in [0.3, 0.4) is 0 Å². The van der Waals surface area contributed by atoms with Crippen molar-refractivity contribution in [2.75, 3.05) is 0 Å². The van der Waals surface area contributed by atoms with E-state index in [0.29, 0.717) is 5.22 Å². The molecular weight excluding hydrogens is 174 g/mol. The van der Waals surface area contributed by atoms with E-state index in [0.717, 1.165) is 5.46 Å². The lowest BCUT2D eigenvalue weighted by Crippen LogP contribution is -2.31. The van der Waals surface area contributed by atoms with Crippen LogP contribution in [0.4, 0.5) is 0 Å². The monoisotopic (exact) mass is 180 g/mol. The van der Waals surface area contributed by atoms with Crippen molar-refractivity contribution in [3.8, 4) is 0 Å². The molecule has 0 bridgehead atoms. The summed E-state index contributed by atoms with van der Waals surface area (Å²) in [6.45, 7) is 0. The second kappa shape index (κ2) is 3.11. The summed E-state index contributed by atoms with van der Waals surface area (Å²) in [7, 11) is -0.376. The van der Waals surface area contributed by atoms with Gasteiger partial charge in [-0.15, -0.1) is 0 Å². The van der Waals surface area contributed by atoms with E-state index < -0.39 is 0 Å². The van der Waals surface area contributed by atoms with Crippen LogP contribution in [-0.2, 0) is 9.31 Å². The van der Waals surface area contributed by atoms with Crippen LogP contribution in [0.5, 0.6) is 0 Å². The first-order valence-electron chi connectivity index (χ1n) is 3.59. The van der Waals surface area contributed by atoms with Gasteiger partial charge in [-0.2, -0.15) is 0 Å². The number of benzene rings is 1. The molecule has 2 rings (SSSR count). The van der Waals surface area contributed by atoms with E-state index in [-0.39, 0.29) is 7.12 Å². The number of rotatable bonds is 1. The third-order valence-corrected chi connectivity index (χ3v) is 1.75. The summed E-state index contributed by atoms with van der Waals surface area (Å²) in [4.78, 5) is 0. The molecule has 0 aromatic heterocycles. The molecule has 2 nitrogen and oxygen atoms in total. The first-order chi connectivity index (χ1) is 5.86. The summed E-state index contributed by atoms with van der Waals surface area (Å²) in [6.07, 6.45) is 1.40. The molecule has 12 heavy (non-hydrogen) atoms. The molecule has 0 saturated carbocycles. The normalized spacial score (nSPS) is 15.1. The maximum Gasteiger partial charge on any atom is 0.633 e. The molecule has 0 N–H and O–H groups in total. The highest BCUT2D eigenvalue weighted by Gasteiger charge is 2.29. The van der Waals surface area contributed by atoms with Gasteiger partial charge >= 0.3 is 7.12 Å². The molecule has 1 heterocycles. The van der Waals surface area contributed by atoms with E-state index in [2.05, 4.69) is 0 Å². The van der Waals surface area contributed by atoms with Gasteiger partial charge in [-0.1, -0.05) is 30.3 Å². The standard InChI is InChI=1S/C8H6BClO2/c10-8-6-11-9(12-8)7-4-2-1-3-5-7/h1-6H. The summed E-state index contributed by atoms with van der Waals surface area (Å²) < 4.78 is 10.3. The van der Waals surface area contributed by atoms with Crippen LogP contribution in [0.2, 0.25) is 0 Å². The van der Waals surface area contributed by atoms with Crippen LogP contribution in [0, 0.1) is 0 Å². The fraction of sp³-hybridized carbons (Fsp3) is 0. The largest absolute Gasteiger partial charge is 0.633 e. The Morgan fingerprint density at radius 3 is 2.50 bits per heavy atom. The maximum absolute atomic E-state index is 5.57. The zero-order chi connectivity index (χ0) is 8.39. The van der Waals surface area contributed by atoms with Crippen molar-refractivity contribution in [2.24, 2.45) is 0 Å². The van der Waals surface area contributed by atoms with E-state index in [1.807, 2.05) is 30.3 Å². The average Bonchev–Trinajstić information content (AvgIpc) is 2.54. The molecule has 1 aromatic rings. The van der Waals surface area contributed by atoms with Crippen molar-refractivity contribution in [1.82, 2.24) is 0 Å². The minimum absolute atomic E-state index is 0.295. The molecule has 4 heteroatoms. The third-order valence-electron chi connectivity index (χ3n) is 1.58. The molecule has 1 aliphatic heterocycles. The van der Waals surface area contributed by atoms with Gasteiger partial charge in [-0.05, 0) is 11.6 Å². The highest BCUT2D eigenvalue weighted by atomic mass is 35.5. The minimum atomic E-state index is -0.376. The summed E-state index contributed by atoms with van der Waals surface area (Å²) >= 11 is 5.57. The molecule has 60 valence electrons. The number of halogens is 1. The van der Waals surface area contributed by atoms with E-state index in [1.165, 1.54) is 6.26 Å². The fourth-order valence-corrected chi connectivity index (χ4v) is 1.16. The quantitative estimate of drug-likeness (QED) is 0.609. The van der Waals surface area contributed by atoms with Gasteiger partial charge in [0.2, 0.25) is 5.22 Å². The predicted molar refractivity (Wildman–Crippen MR) is 47.9 cm³/mol. The van der Waals surface area contributed by atoms with Gasteiger partial charge in [0.05, 0.1) is 0 Å². The van der Waals surface area contributed by atoms with Crippen LogP contribution in [0.15, 0.2) is 41.8 Å². The zero-order valence-corrected chi connectivity index (χ0v) is 6.99. The SMILES string of the molecule is ClC1=COB(c2ccccc2)O1. The maximum atomic E-state index is 5.57. The topological polar surface area (TPSA) is 18.5 Å². The lowest BCUT2D eigenvalue weighted by Gasteiger charge is -2.03. The van der Waals surface area contributed by atoms with Crippen molar-refractivity contribution in [1.29, 1.82) is 0 Å². The van der Waals surface area contributed by atoms with E-state index in [9.17, 15) is 0 Å². The van der Waals surface area contributed by atoms with Crippen molar-refractivity contribution in [3.05, 3.63) is 41.8 Å². The highest BCUT2D eigenvalue weighted by Crippen LogP contribution is 2.14. The van der Waals surface area contributed by atoms with E-state index >= 15 is 0 Å². The number of hydrogen-bond acceptors (Lipinski definition) is 2. The summed E-state index contributed by atoms with van der Waals surface area (Å²) in [6, 6.07) is 9.64. The Balaban J connectivity index is 2.14. The number of hydrogen-bond donors (Lipinski definition) is 0. The smallest absolute Gasteiger partial charge is 0.524 e. The van der Waals surface area contributed by atoms with Crippen molar-refractivity contribution in [2.45, 2.75) is 0 Å². The predicted octanol–water partition coefficient (Wildman–Crippen LogP) is 1.47. The van der Waals surface area contributed by atoms with Crippen LogP contribution < -0.4 is 5.46 Å². The average molecular weight is 180 g/mol. The van der Waals surface area contributed by atoms with Crippen LogP contribution >= 0.6 is 11.6 Å². The molecule has 0 aliphatic carbocycles. The Hall–Kier alpha value is -1.09. The molecule has 0 unspecified atom stereocenters. The van der Waals surface area contributed by atoms with Gasteiger partial charge in [-0.3, -0.25) is 0 Å². The lowest BCUT2D eigenvalue weighted by atomic mass is 9.80. The molecule has 1 aromatic carbocycles. The van der Waals surface area contributed by atoms with Crippen molar-refractivity contribution < 1.29 is 9.31 Å². The van der Waals surface area contributed by atoms with Crippen LogP contribution in [0.1, 0.15) is 0 Å². The highest BCUT2D eigenvalue weighted by molar-refractivity contribution is 6.63. The van der Waals surface area contributed by atoms with Gasteiger partial charge in [0.15, 0.2) is 0 Å². The third kappa shape index (κ3) is 1.41. The summed E-state index contributed by atoms with van der Waals surface area (Å²) in [5.41, 5.74) is 0.962. The summed E-state index contributed by atoms with van der Waals surface area (Å²) in [5, 5.41) is 0.295. The van der Waals surface area contributed by atoms with Gasteiger partial charge in [0, 0.05) is 5.46 Å². The van der Waals surface area contributed by atoms with Gasteiger partial charge in [-0.25, -0.2) is 0 Å². The molecule has 0 amide bonds. The molecule has 1 aliphatic rings. The molecule has 0 saturated heterocycles. The zero-order valence-electron chi connectivity index (χ0n) is 6.24. The van der Waals surface area contributed by atoms with E-state index in [4.69, 9.17) is 20.9 Å². The van der Waals surface area contributed by atoms with Gasteiger partial charge in [0.25, 0.3) is 0 Å². The first kappa shape index (κ1) is 7.56. The van der Waals surface area contributed by atoms with Crippen LogP contribution in [-0.4, -0.2) is 7.12 Å². The van der Waals surface area contributed by atoms with E-state index in [1.54, 1.807) is 0 Å². The Morgan fingerprint density at radius 1 is 1.17 bits per heavy atom. The van der Waals surface area contributed by atoms with Gasteiger partial charge < -0.3 is 9.31 Å². The van der Waals surface area contributed by atoms with Crippen LogP contribution in [0.25, 0.3) is 0 Å². The first-order valence-corrected chi connectivity index (χ1v) is 3.97. The molecular formula is C8H6BClO2. The Bertz CT molecular complexity index is 299. The molecule has 0 atom stereocenters. The molecule has 0 fully saturated rings. The molecule has 0 radical (unpaired) electrons. The Kier molecular flexibility index (Phi) is 1.96. The minimum Gasteiger partial charge on any atom is -0.524 e. The van der Waals surface area contributed by atoms with Gasteiger partial charge in [0.1, 0.15) is 6.26 Å². The lowest BCUT2D eigenvalue weighted by molar-refractivity contribution is 0.417. The second-order valence-electron chi connectivity index (χ2n) is 2.42. The summed E-state index contributed by atoms with van der Waals surface area (Å²) in [5.74, 6) is 0. The van der Waals surface area contributed by atoms with Crippen molar-refractivity contribution in [3.63, 3.8) is 0 Å². The molecule has 0 spiro atoms.